The first kappa shape index (κ1) is 8.31. The van der Waals surface area contributed by atoms with Crippen LogP contribution in [0.3, 0.4) is 0 Å². The number of furan rings is 1. The van der Waals surface area contributed by atoms with Crippen LogP contribution in [0.1, 0.15) is 12.0 Å². The lowest BCUT2D eigenvalue weighted by molar-refractivity contribution is -0.119. The maximum Gasteiger partial charge on any atom is 0.221 e. The molecule has 1 unspecified atom stereocenters. The third-order valence-corrected chi connectivity index (χ3v) is 2.15. The van der Waals surface area contributed by atoms with Gasteiger partial charge < -0.3 is 15.1 Å². The van der Waals surface area contributed by atoms with Crippen molar-refractivity contribution >= 4 is 5.91 Å². The minimum absolute atomic E-state index is 0.129. The van der Waals surface area contributed by atoms with Crippen LogP contribution in [0.5, 0.6) is 0 Å². The van der Waals surface area contributed by atoms with Gasteiger partial charge in [-0.1, -0.05) is 0 Å². The lowest BCUT2D eigenvalue weighted by atomic mass is 10.2. The van der Waals surface area contributed by atoms with Crippen LogP contribution in [0, 0.1) is 0 Å². The number of rotatable bonds is 3. The van der Waals surface area contributed by atoms with Crippen LogP contribution in [0.15, 0.2) is 23.0 Å². The highest BCUT2D eigenvalue weighted by Crippen LogP contribution is 2.03. The zero-order valence-corrected chi connectivity index (χ0v) is 7.25. The van der Waals surface area contributed by atoms with E-state index in [2.05, 4.69) is 10.6 Å². The summed E-state index contributed by atoms with van der Waals surface area (Å²) in [6, 6.07) is 2.18. The highest BCUT2D eigenvalue weighted by atomic mass is 16.3. The third-order valence-electron chi connectivity index (χ3n) is 2.15. The molecule has 0 aliphatic carbocycles. The minimum Gasteiger partial charge on any atom is -0.472 e. The van der Waals surface area contributed by atoms with E-state index in [-0.39, 0.29) is 11.9 Å². The number of hydrogen-bond acceptors (Lipinski definition) is 3. The van der Waals surface area contributed by atoms with Crippen molar-refractivity contribution in [2.75, 3.05) is 6.54 Å². The van der Waals surface area contributed by atoms with Crippen molar-refractivity contribution < 1.29 is 9.21 Å². The van der Waals surface area contributed by atoms with Crippen LogP contribution in [0.4, 0.5) is 0 Å². The monoisotopic (exact) mass is 180 g/mol. The van der Waals surface area contributed by atoms with Gasteiger partial charge in [0.15, 0.2) is 0 Å². The number of hydrogen-bond donors (Lipinski definition) is 2. The van der Waals surface area contributed by atoms with Crippen LogP contribution < -0.4 is 10.6 Å². The van der Waals surface area contributed by atoms with Gasteiger partial charge in [0.25, 0.3) is 0 Å². The Morgan fingerprint density at radius 3 is 3.23 bits per heavy atom. The zero-order valence-electron chi connectivity index (χ0n) is 7.25. The lowest BCUT2D eigenvalue weighted by Crippen LogP contribution is -2.30. The van der Waals surface area contributed by atoms with Crippen molar-refractivity contribution in [1.29, 1.82) is 0 Å². The van der Waals surface area contributed by atoms with Crippen LogP contribution in [-0.4, -0.2) is 18.5 Å². The molecule has 1 fully saturated rings. The van der Waals surface area contributed by atoms with E-state index in [1.165, 1.54) is 0 Å². The van der Waals surface area contributed by atoms with E-state index in [1.807, 2.05) is 6.07 Å². The van der Waals surface area contributed by atoms with Crippen molar-refractivity contribution in [2.45, 2.75) is 19.0 Å². The van der Waals surface area contributed by atoms with Crippen LogP contribution in [0.2, 0.25) is 0 Å². The molecule has 1 aromatic heterocycles. The van der Waals surface area contributed by atoms with Gasteiger partial charge in [0.2, 0.25) is 5.91 Å². The van der Waals surface area contributed by atoms with Gasteiger partial charge in [0.05, 0.1) is 12.5 Å². The van der Waals surface area contributed by atoms with Gasteiger partial charge in [-0.15, -0.1) is 0 Å². The molecule has 1 aromatic rings. The van der Waals surface area contributed by atoms with Gasteiger partial charge in [-0.2, -0.15) is 0 Å². The number of amides is 1. The normalized spacial score (nSPS) is 21.8. The largest absolute Gasteiger partial charge is 0.472 e. The molecule has 0 bridgehead atoms. The molecule has 2 heterocycles. The van der Waals surface area contributed by atoms with Crippen molar-refractivity contribution in [3.8, 4) is 0 Å². The number of carbonyl (C=O) groups excluding carboxylic acids is 1. The van der Waals surface area contributed by atoms with Gasteiger partial charge in [0.1, 0.15) is 0 Å². The molecule has 1 saturated heterocycles. The van der Waals surface area contributed by atoms with Gasteiger partial charge in [-0.3, -0.25) is 4.79 Å². The van der Waals surface area contributed by atoms with E-state index in [4.69, 9.17) is 4.42 Å². The lowest BCUT2D eigenvalue weighted by Gasteiger charge is -2.07. The molecule has 0 radical (unpaired) electrons. The first-order valence-corrected chi connectivity index (χ1v) is 4.36. The molecular weight excluding hydrogens is 168 g/mol. The molecule has 1 aliphatic heterocycles. The summed E-state index contributed by atoms with van der Waals surface area (Å²) in [5.74, 6) is 0.129. The van der Waals surface area contributed by atoms with E-state index in [0.717, 1.165) is 18.7 Å². The summed E-state index contributed by atoms with van der Waals surface area (Å²) < 4.78 is 4.93. The molecule has 4 heteroatoms. The summed E-state index contributed by atoms with van der Waals surface area (Å²) in [7, 11) is 0. The fourth-order valence-electron chi connectivity index (χ4n) is 1.40. The van der Waals surface area contributed by atoms with Crippen molar-refractivity contribution in [2.24, 2.45) is 0 Å². The Kier molecular flexibility index (Phi) is 2.31. The molecule has 1 atom stereocenters. The average Bonchev–Trinajstić information content (AvgIpc) is 2.71. The molecule has 13 heavy (non-hydrogen) atoms. The van der Waals surface area contributed by atoms with Crippen LogP contribution in [-0.2, 0) is 11.3 Å². The molecule has 0 spiro atoms. The number of nitrogens with one attached hydrogen (secondary N) is 2. The molecular formula is C9H12N2O2. The van der Waals surface area contributed by atoms with E-state index < -0.39 is 0 Å². The summed E-state index contributed by atoms with van der Waals surface area (Å²) in [6.45, 7) is 1.49. The van der Waals surface area contributed by atoms with Crippen molar-refractivity contribution in [3.05, 3.63) is 24.2 Å². The second-order valence-corrected chi connectivity index (χ2v) is 3.22. The van der Waals surface area contributed by atoms with Crippen LogP contribution in [0.25, 0.3) is 0 Å². The molecule has 70 valence electrons. The first-order chi connectivity index (χ1) is 6.34. The Morgan fingerprint density at radius 2 is 2.62 bits per heavy atom. The molecule has 0 aromatic carbocycles. The SMILES string of the molecule is O=C1CC(NCc2ccoc2)CN1. The highest BCUT2D eigenvalue weighted by Gasteiger charge is 2.20. The summed E-state index contributed by atoms with van der Waals surface area (Å²) in [4.78, 5) is 10.8. The maximum absolute atomic E-state index is 10.8. The highest BCUT2D eigenvalue weighted by molar-refractivity contribution is 5.78. The van der Waals surface area contributed by atoms with Crippen molar-refractivity contribution in [3.63, 3.8) is 0 Å². The predicted molar refractivity (Wildman–Crippen MR) is 47.0 cm³/mol. The van der Waals surface area contributed by atoms with E-state index in [1.54, 1.807) is 12.5 Å². The Morgan fingerprint density at radius 1 is 1.69 bits per heavy atom. The van der Waals surface area contributed by atoms with Gasteiger partial charge in [-0.25, -0.2) is 0 Å². The summed E-state index contributed by atoms with van der Waals surface area (Å²) in [5.41, 5.74) is 1.11. The molecule has 2 rings (SSSR count). The predicted octanol–water partition coefficient (Wildman–Crippen LogP) is 0.258. The molecule has 0 saturated carbocycles. The van der Waals surface area contributed by atoms with Crippen molar-refractivity contribution in [1.82, 2.24) is 10.6 Å². The fourth-order valence-corrected chi connectivity index (χ4v) is 1.40. The Bertz CT molecular complexity index is 282. The average molecular weight is 180 g/mol. The zero-order chi connectivity index (χ0) is 9.10. The Labute approximate surface area is 76.3 Å². The van der Waals surface area contributed by atoms with Gasteiger partial charge in [-0.05, 0) is 6.07 Å². The maximum atomic E-state index is 10.8. The quantitative estimate of drug-likeness (QED) is 0.701. The standard InChI is InChI=1S/C9H12N2O2/c12-9-3-8(5-11-9)10-4-7-1-2-13-6-7/h1-2,6,8,10H,3-5H2,(H,11,12). The van der Waals surface area contributed by atoms with E-state index in [9.17, 15) is 4.79 Å². The molecule has 2 N–H and O–H groups in total. The second kappa shape index (κ2) is 3.62. The summed E-state index contributed by atoms with van der Waals surface area (Å²) in [6.07, 6.45) is 3.93. The fraction of sp³-hybridized carbons (Fsp3) is 0.444. The molecule has 1 aliphatic rings. The minimum atomic E-state index is 0.129. The molecule has 4 nitrogen and oxygen atoms in total. The smallest absolute Gasteiger partial charge is 0.221 e. The topological polar surface area (TPSA) is 54.3 Å². The third kappa shape index (κ3) is 2.09. The Balaban J connectivity index is 1.77. The van der Waals surface area contributed by atoms with Gasteiger partial charge >= 0.3 is 0 Å². The van der Waals surface area contributed by atoms with Crippen LogP contribution >= 0.6 is 0 Å². The van der Waals surface area contributed by atoms with E-state index >= 15 is 0 Å². The molecule has 1 amide bonds. The summed E-state index contributed by atoms with van der Waals surface area (Å²) in [5, 5.41) is 6.05. The van der Waals surface area contributed by atoms with E-state index in [0.29, 0.717) is 6.42 Å². The summed E-state index contributed by atoms with van der Waals surface area (Å²) >= 11 is 0. The Hall–Kier alpha value is -1.29. The number of carbonyl (C=O) groups is 1. The van der Waals surface area contributed by atoms with Gasteiger partial charge in [0, 0.05) is 31.1 Å². The first-order valence-electron chi connectivity index (χ1n) is 4.36. The second-order valence-electron chi connectivity index (χ2n) is 3.22.